The van der Waals surface area contributed by atoms with Crippen LogP contribution < -0.4 is 14.8 Å². The molecule has 3 aromatic rings. The average molecular weight is 394 g/mol. The average Bonchev–Trinajstić information content (AvgIpc) is 3.06. The molecule has 0 aliphatic heterocycles. The third-order valence-corrected chi connectivity index (χ3v) is 5.07. The van der Waals surface area contributed by atoms with Crippen molar-refractivity contribution in [2.75, 3.05) is 19.5 Å². The summed E-state index contributed by atoms with van der Waals surface area (Å²) in [4.78, 5) is 17.9. The van der Waals surface area contributed by atoms with Gasteiger partial charge in [-0.05, 0) is 37.6 Å². The standard InChI is InChI=1S/C22H22N2O3S/c1-14-5-9-17(10-6-14)21-15(2)28-22(24-21)23-20(25)12-8-16-7-11-18(26-3)19(13-16)27-4/h5-13H,1-4H3,(H,23,24,25). The first kappa shape index (κ1) is 19.6. The Kier molecular flexibility index (Phi) is 6.11. The minimum Gasteiger partial charge on any atom is -0.493 e. The molecule has 5 nitrogen and oxygen atoms in total. The second-order valence-electron chi connectivity index (χ2n) is 6.23. The summed E-state index contributed by atoms with van der Waals surface area (Å²) < 4.78 is 10.5. The molecule has 144 valence electrons. The molecule has 1 aromatic heterocycles. The van der Waals surface area contributed by atoms with Crippen LogP contribution in [0.25, 0.3) is 17.3 Å². The van der Waals surface area contributed by atoms with E-state index in [1.54, 1.807) is 26.4 Å². The zero-order valence-corrected chi connectivity index (χ0v) is 17.1. The lowest BCUT2D eigenvalue weighted by Crippen LogP contribution is -2.07. The summed E-state index contributed by atoms with van der Waals surface area (Å²) in [6.45, 7) is 4.05. The Bertz CT molecular complexity index is 1010. The number of aromatic nitrogens is 1. The number of nitrogens with one attached hydrogen (secondary N) is 1. The Morgan fingerprint density at radius 3 is 2.43 bits per heavy atom. The van der Waals surface area contributed by atoms with Crippen LogP contribution in [0.1, 0.15) is 16.0 Å². The molecule has 0 atom stereocenters. The Labute approximate surface area is 168 Å². The van der Waals surface area contributed by atoms with Gasteiger partial charge in [0.15, 0.2) is 16.6 Å². The zero-order chi connectivity index (χ0) is 20.1. The van der Waals surface area contributed by atoms with Gasteiger partial charge in [-0.3, -0.25) is 10.1 Å². The van der Waals surface area contributed by atoms with Crippen molar-refractivity contribution in [3.63, 3.8) is 0 Å². The molecule has 3 rings (SSSR count). The molecule has 0 aliphatic carbocycles. The van der Waals surface area contributed by atoms with Crippen LogP contribution in [-0.4, -0.2) is 25.1 Å². The van der Waals surface area contributed by atoms with Crippen LogP contribution in [0, 0.1) is 13.8 Å². The van der Waals surface area contributed by atoms with Gasteiger partial charge in [-0.2, -0.15) is 0 Å². The number of benzene rings is 2. The van der Waals surface area contributed by atoms with E-state index in [2.05, 4.69) is 22.4 Å². The van der Waals surface area contributed by atoms with Crippen LogP contribution in [0.4, 0.5) is 5.13 Å². The molecule has 0 spiro atoms. The Balaban J connectivity index is 1.71. The highest BCUT2D eigenvalue weighted by Crippen LogP contribution is 2.31. The SMILES string of the molecule is COc1ccc(C=CC(=O)Nc2nc(-c3ccc(C)cc3)c(C)s2)cc1OC. The molecule has 1 N–H and O–H groups in total. The second kappa shape index (κ2) is 8.71. The van der Waals surface area contributed by atoms with E-state index in [9.17, 15) is 4.79 Å². The smallest absolute Gasteiger partial charge is 0.250 e. The van der Waals surface area contributed by atoms with E-state index >= 15 is 0 Å². The van der Waals surface area contributed by atoms with Crippen molar-refractivity contribution in [1.29, 1.82) is 0 Å². The van der Waals surface area contributed by atoms with Crippen LogP contribution in [0.3, 0.4) is 0 Å². The van der Waals surface area contributed by atoms with Crippen molar-refractivity contribution < 1.29 is 14.3 Å². The quantitative estimate of drug-likeness (QED) is 0.591. The number of anilines is 1. The minimum absolute atomic E-state index is 0.237. The number of thiazole rings is 1. The van der Waals surface area contributed by atoms with Crippen molar-refractivity contribution in [3.8, 4) is 22.8 Å². The number of carbonyl (C=O) groups excluding carboxylic acids is 1. The van der Waals surface area contributed by atoms with Crippen LogP contribution in [-0.2, 0) is 4.79 Å². The number of hydrogen-bond acceptors (Lipinski definition) is 5. The maximum absolute atomic E-state index is 12.3. The molecule has 2 aromatic carbocycles. The van der Waals surface area contributed by atoms with Crippen molar-refractivity contribution in [1.82, 2.24) is 4.98 Å². The summed E-state index contributed by atoms with van der Waals surface area (Å²) in [6.07, 6.45) is 3.20. The molecular formula is C22H22N2O3S. The normalized spacial score (nSPS) is 10.9. The summed E-state index contributed by atoms with van der Waals surface area (Å²) in [5.41, 5.74) is 3.97. The van der Waals surface area contributed by atoms with Gasteiger partial charge >= 0.3 is 0 Å². The van der Waals surface area contributed by atoms with Crippen molar-refractivity contribution in [3.05, 3.63) is 64.5 Å². The molecule has 0 fully saturated rings. The van der Waals surface area contributed by atoms with Gasteiger partial charge in [-0.15, -0.1) is 11.3 Å². The van der Waals surface area contributed by atoms with Gasteiger partial charge in [0.1, 0.15) is 0 Å². The fraction of sp³-hybridized carbons (Fsp3) is 0.182. The summed E-state index contributed by atoms with van der Waals surface area (Å²) in [5.74, 6) is 1.02. The van der Waals surface area contributed by atoms with Crippen molar-refractivity contribution >= 4 is 28.5 Å². The Morgan fingerprint density at radius 2 is 1.75 bits per heavy atom. The topological polar surface area (TPSA) is 60.5 Å². The first-order chi connectivity index (χ1) is 13.5. The van der Waals surface area contributed by atoms with Crippen LogP contribution in [0.5, 0.6) is 11.5 Å². The predicted molar refractivity (Wildman–Crippen MR) is 114 cm³/mol. The summed E-state index contributed by atoms with van der Waals surface area (Å²) in [6, 6.07) is 13.7. The van der Waals surface area contributed by atoms with Gasteiger partial charge in [0.05, 0.1) is 19.9 Å². The maximum Gasteiger partial charge on any atom is 0.250 e. The molecule has 6 heteroatoms. The van der Waals surface area contributed by atoms with E-state index in [0.717, 1.165) is 21.7 Å². The number of amides is 1. The van der Waals surface area contributed by atoms with E-state index in [1.807, 2.05) is 38.1 Å². The molecule has 1 heterocycles. The predicted octanol–water partition coefficient (Wildman–Crippen LogP) is 5.10. The van der Waals surface area contributed by atoms with Crippen LogP contribution in [0.15, 0.2) is 48.5 Å². The fourth-order valence-corrected chi connectivity index (χ4v) is 3.54. The molecule has 0 saturated heterocycles. The van der Waals surface area contributed by atoms with E-state index in [1.165, 1.54) is 23.0 Å². The van der Waals surface area contributed by atoms with E-state index < -0.39 is 0 Å². The summed E-state index contributed by atoms with van der Waals surface area (Å²) >= 11 is 1.46. The number of nitrogens with zero attached hydrogens (tertiary/aromatic N) is 1. The van der Waals surface area contributed by atoms with Gasteiger partial charge in [-0.1, -0.05) is 35.9 Å². The molecule has 1 amide bonds. The van der Waals surface area contributed by atoms with E-state index in [0.29, 0.717) is 16.6 Å². The molecule has 0 saturated carbocycles. The lowest BCUT2D eigenvalue weighted by Gasteiger charge is -2.07. The van der Waals surface area contributed by atoms with Crippen LogP contribution >= 0.6 is 11.3 Å². The van der Waals surface area contributed by atoms with Crippen LogP contribution in [0.2, 0.25) is 0 Å². The van der Waals surface area contributed by atoms with Gasteiger partial charge in [0, 0.05) is 16.5 Å². The lowest BCUT2D eigenvalue weighted by atomic mass is 10.1. The van der Waals surface area contributed by atoms with E-state index in [-0.39, 0.29) is 5.91 Å². The maximum atomic E-state index is 12.3. The number of hydrogen-bond donors (Lipinski definition) is 1. The second-order valence-corrected chi connectivity index (χ2v) is 7.43. The summed E-state index contributed by atoms with van der Waals surface area (Å²) in [5, 5.41) is 3.41. The zero-order valence-electron chi connectivity index (χ0n) is 16.3. The molecule has 0 bridgehead atoms. The molecule has 28 heavy (non-hydrogen) atoms. The minimum atomic E-state index is -0.237. The monoisotopic (exact) mass is 394 g/mol. The lowest BCUT2D eigenvalue weighted by molar-refractivity contribution is -0.111. The fourth-order valence-electron chi connectivity index (χ4n) is 2.70. The number of rotatable bonds is 6. The van der Waals surface area contributed by atoms with Crippen molar-refractivity contribution in [2.45, 2.75) is 13.8 Å². The molecule has 0 radical (unpaired) electrons. The van der Waals surface area contributed by atoms with Crippen molar-refractivity contribution in [2.24, 2.45) is 0 Å². The molecule has 0 unspecified atom stereocenters. The Morgan fingerprint density at radius 1 is 1.04 bits per heavy atom. The largest absolute Gasteiger partial charge is 0.493 e. The van der Waals surface area contributed by atoms with Gasteiger partial charge in [-0.25, -0.2) is 4.98 Å². The number of ether oxygens (including phenoxy) is 2. The number of carbonyl (C=O) groups is 1. The highest BCUT2D eigenvalue weighted by atomic mass is 32.1. The van der Waals surface area contributed by atoms with E-state index in [4.69, 9.17) is 9.47 Å². The first-order valence-corrected chi connectivity index (χ1v) is 9.57. The van der Waals surface area contributed by atoms with Gasteiger partial charge in [0.25, 0.3) is 0 Å². The first-order valence-electron chi connectivity index (χ1n) is 8.75. The summed E-state index contributed by atoms with van der Waals surface area (Å²) in [7, 11) is 3.16. The molecule has 0 aliphatic rings. The third kappa shape index (κ3) is 4.58. The number of aryl methyl sites for hydroxylation is 2. The Hall–Kier alpha value is -3.12. The van der Waals surface area contributed by atoms with Gasteiger partial charge < -0.3 is 9.47 Å². The molecular weight excluding hydrogens is 372 g/mol. The highest BCUT2D eigenvalue weighted by molar-refractivity contribution is 7.16. The highest BCUT2D eigenvalue weighted by Gasteiger charge is 2.11. The number of methoxy groups -OCH3 is 2. The third-order valence-electron chi connectivity index (χ3n) is 4.19. The van der Waals surface area contributed by atoms with Gasteiger partial charge in [0.2, 0.25) is 5.91 Å².